The summed E-state index contributed by atoms with van der Waals surface area (Å²) in [6.45, 7) is 5.09. The zero-order chi connectivity index (χ0) is 19.4. The molecule has 0 saturated carbocycles. The third-order valence-corrected chi connectivity index (χ3v) is 4.90. The highest BCUT2D eigenvalue weighted by molar-refractivity contribution is 6.31. The topological polar surface area (TPSA) is 63.7 Å². The molecule has 2 atom stereocenters. The Bertz CT molecular complexity index is 798. The summed E-state index contributed by atoms with van der Waals surface area (Å²) in [5.74, 6) is 1.37. The summed E-state index contributed by atoms with van der Waals surface area (Å²) in [5, 5.41) is 3.24. The molecule has 1 amide bonds. The highest BCUT2D eigenvalue weighted by Gasteiger charge is 2.27. The van der Waals surface area contributed by atoms with Gasteiger partial charge < -0.3 is 19.7 Å². The number of anilines is 1. The average Bonchev–Trinajstić information content (AvgIpc) is 3.10. The third-order valence-electron chi connectivity index (χ3n) is 4.63. The number of carbonyl (C=O) groups excluding carboxylic acids is 1. The van der Waals surface area contributed by atoms with Gasteiger partial charge in [0.25, 0.3) is 0 Å². The zero-order valence-electron chi connectivity index (χ0n) is 15.7. The van der Waals surface area contributed by atoms with Crippen molar-refractivity contribution in [2.45, 2.75) is 32.4 Å². The number of nitrogens with one attached hydrogen (secondary N) is 1. The molecular formula is C20H24ClN3O3. The van der Waals surface area contributed by atoms with Gasteiger partial charge in [0.2, 0.25) is 5.91 Å². The number of nitrogens with zero attached hydrogens (tertiary/aromatic N) is 2. The first-order chi connectivity index (χ1) is 13.0. The molecule has 1 saturated heterocycles. The lowest BCUT2D eigenvalue weighted by Gasteiger charge is -2.21. The lowest BCUT2D eigenvalue weighted by Crippen LogP contribution is -2.25. The van der Waals surface area contributed by atoms with Crippen molar-refractivity contribution in [2.75, 3.05) is 25.1 Å². The Labute approximate surface area is 164 Å². The number of rotatable bonds is 6. The maximum Gasteiger partial charge on any atom is 0.217 e. The Hall–Kier alpha value is -2.47. The number of pyridine rings is 1. The van der Waals surface area contributed by atoms with Crippen LogP contribution in [0.25, 0.3) is 0 Å². The van der Waals surface area contributed by atoms with E-state index in [-0.39, 0.29) is 18.1 Å². The molecule has 1 N–H and O–H groups in total. The molecular weight excluding hydrogens is 366 g/mol. The van der Waals surface area contributed by atoms with Crippen molar-refractivity contribution >= 4 is 23.2 Å². The molecule has 0 spiro atoms. The van der Waals surface area contributed by atoms with Gasteiger partial charge in [-0.3, -0.25) is 4.79 Å². The second-order valence-corrected chi connectivity index (χ2v) is 6.98. The van der Waals surface area contributed by atoms with E-state index in [0.717, 1.165) is 36.5 Å². The molecule has 6 nitrogen and oxygen atoms in total. The molecule has 0 aliphatic carbocycles. The van der Waals surface area contributed by atoms with E-state index in [1.54, 1.807) is 13.3 Å². The van der Waals surface area contributed by atoms with Crippen molar-refractivity contribution in [3.63, 3.8) is 0 Å². The van der Waals surface area contributed by atoms with E-state index in [4.69, 9.17) is 21.1 Å². The molecule has 1 fully saturated rings. The lowest BCUT2D eigenvalue weighted by molar-refractivity contribution is -0.119. The van der Waals surface area contributed by atoms with Gasteiger partial charge in [0.15, 0.2) is 10.9 Å². The number of methoxy groups -OCH3 is 1. The van der Waals surface area contributed by atoms with Crippen molar-refractivity contribution < 1.29 is 14.3 Å². The predicted molar refractivity (Wildman–Crippen MR) is 106 cm³/mol. The van der Waals surface area contributed by atoms with Crippen LogP contribution >= 0.6 is 11.6 Å². The SMILES string of the molecule is COc1c(N2CC[C@@H](Oc3ccc([C@H](C)NC(C)=O)cc3)C2)ccnc1Cl. The molecule has 2 heterocycles. The zero-order valence-corrected chi connectivity index (χ0v) is 16.5. The molecule has 1 aliphatic heterocycles. The number of halogens is 1. The van der Waals surface area contributed by atoms with Gasteiger partial charge in [-0.25, -0.2) is 4.98 Å². The molecule has 0 unspecified atom stereocenters. The van der Waals surface area contributed by atoms with Gasteiger partial charge in [-0.2, -0.15) is 0 Å². The second-order valence-electron chi connectivity index (χ2n) is 6.62. The first kappa shape index (κ1) is 19.3. The highest BCUT2D eigenvalue weighted by Crippen LogP contribution is 2.35. The number of amides is 1. The van der Waals surface area contributed by atoms with Crippen LogP contribution in [0, 0.1) is 0 Å². The molecule has 2 aromatic rings. The highest BCUT2D eigenvalue weighted by atomic mass is 35.5. The smallest absolute Gasteiger partial charge is 0.217 e. The molecule has 144 valence electrons. The van der Waals surface area contributed by atoms with Gasteiger partial charge in [-0.1, -0.05) is 23.7 Å². The number of carbonyl (C=O) groups is 1. The fraction of sp³-hybridized carbons (Fsp3) is 0.400. The van der Waals surface area contributed by atoms with Crippen LogP contribution in [0.2, 0.25) is 5.15 Å². The van der Waals surface area contributed by atoms with Gasteiger partial charge in [0.1, 0.15) is 11.9 Å². The number of ether oxygens (including phenoxy) is 2. The largest absolute Gasteiger partial charge is 0.491 e. The van der Waals surface area contributed by atoms with Gasteiger partial charge >= 0.3 is 0 Å². The van der Waals surface area contributed by atoms with Gasteiger partial charge in [-0.15, -0.1) is 0 Å². The van der Waals surface area contributed by atoms with E-state index in [1.807, 2.05) is 37.3 Å². The number of hydrogen-bond acceptors (Lipinski definition) is 5. The number of aromatic nitrogens is 1. The van der Waals surface area contributed by atoms with Crippen LogP contribution < -0.4 is 19.7 Å². The van der Waals surface area contributed by atoms with Crippen LogP contribution in [0.5, 0.6) is 11.5 Å². The monoisotopic (exact) mass is 389 g/mol. The minimum absolute atomic E-state index is 0.0255. The van der Waals surface area contributed by atoms with E-state index < -0.39 is 0 Å². The molecule has 7 heteroatoms. The minimum Gasteiger partial charge on any atom is -0.491 e. The summed E-state index contributed by atoms with van der Waals surface area (Å²) in [7, 11) is 1.60. The summed E-state index contributed by atoms with van der Waals surface area (Å²) >= 11 is 6.13. The van der Waals surface area contributed by atoms with E-state index >= 15 is 0 Å². The second kappa shape index (κ2) is 8.48. The minimum atomic E-state index is -0.0412. The average molecular weight is 390 g/mol. The maximum absolute atomic E-state index is 11.2. The Morgan fingerprint density at radius 1 is 1.33 bits per heavy atom. The van der Waals surface area contributed by atoms with Gasteiger partial charge in [-0.05, 0) is 30.7 Å². The first-order valence-corrected chi connectivity index (χ1v) is 9.33. The van der Waals surface area contributed by atoms with Crippen molar-refractivity contribution in [2.24, 2.45) is 0 Å². The van der Waals surface area contributed by atoms with Crippen LogP contribution in [0.4, 0.5) is 5.69 Å². The summed E-state index contributed by atoms with van der Waals surface area (Å²) in [4.78, 5) is 17.4. The van der Waals surface area contributed by atoms with Crippen molar-refractivity contribution in [1.29, 1.82) is 0 Å². The Morgan fingerprint density at radius 2 is 2.07 bits per heavy atom. The maximum atomic E-state index is 11.2. The van der Waals surface area contributed by atoms with Crippen molar-refractivity contribution in [1.82, 2.24) is 10.3 Å². The first-order valence-electron chi connectivity index (χ1n) is 8.95. The fourth-order valence-corrected chi connectivity index (χ4v) is 3.54. The molecule has 1 aromatic heterocycles. The van der Waals surface area contributed by atoms with Gasteiger partial charge in [0, 0.05) is 26.1 Å². The van der Waals surface area contributed by atoms with Crippen LogP contribution in [0.3, 0.4) is 0 Å². The Kier molecular flexibility index (Phi) is 6.06. The fourth-order valence-electron chi connectivity index (χ4n) is 3.31. The standard InChI is InChI=1S/C20H24ClN3O3/c1-13(23-14(2)25)15-4-6-16(7-5-15)27-17-9-11-24(12-17)18-8-10-22-20(21)19(18)26-3/h4-8,10,13,17H,9,11-12H2,1-3H3,(H,23,25)/t13-,17+/m0/s1. The van der Waals surface area contributed by atoms with Gasteiger partial charge in [0.05, 0.1) is 25.4 Å². The number of benzene rings is 1. The number of hydrogen-bond donors (Lipinski definition) is 1. The molecule has 27 heavy (non-hydrogen) atoms. The summed E-state index contributed by atoms with van der Waals surface area (Å²) in [5.41, 5.74) is 1.98. The predicted octanol–water partition coefficient (Wildman–Crippen LogP) is 3.60. The van der Waals surface area contributed by atoms with Crippen LogP contribution in [-0.4, -0.2) is 37.2 Å². The van der Waals surface area contributed by atoms with E-state index in [1.165, 1.54) is 6.92 Å². The Morgan fingerprint density at radius 3 is 2.74 bits per heavy atom. The summed E-state index contributed by atoms with van der Waals surface area (Å²) in [6, 6.07) is 9.73. The Balaban J connectivity index is 1.62. The molecule has 3 rings (SSSR count). The summed E-state index contributed by atoms with van der Waals surface area (Å²) < 4.78 is 11.5. The molecule has 0 radical (unpaired) electrons. The third kappa shape index (κ3) is 4.63. The lowest BCUT2D eigenvalue weighted by atomic mass is 10.1. The van der Waals surface area contributed by atoms with Crippen molar-refractivity contribution in [3.05, 3.63) is 47.2 Å². The summed E-state index contributed by atoms with van der Waals surface area (Å²) in [6.07, 6.45) is 2.68. The molecule has 1 aliphatic rings. The molecule has 0 bridgehead atoms. The van der Waals surface area contributed by atoms with E-state index in [2.05, 4.69) is 15.2 Å². The van der Waals surface area contributed by atoms with Crippen molar-refractivity contribution in [3.8, 4) is 11.5 Å². The molecule has 1 aromatic carbocycles. The normalized spacial score (nSPS) is 17.5. The van der Waals surface area contributed by atoms with E-state index in [0.29, 0.717) is 10.9 Å². The van der Waals surface area contributed by atoms with Crippen LogP contribution in [0.15, 0.2) is 36.5 Å². The van der Waals surface area contributed by atoms with Crippen LogP contribution in [0.1, 0.15) is 31.9 Å². The quantitative estimate of drug-likeness (QED) is 0.765. The van der Waals surface area contributed by atoms with Crippen LogP contribution in [-0.2, 0) is 4.79 Å². The van der Waals surface area contributed by atoms with E-state index in [9.17, 15) is 4.79 Å².